The van der Waals surface area contributed by atoms with E-state index in [4.69, 9.17) is 4.74 Å². The molecule has 0 radical (unpaired) electrons. The van der Waals surface area contributed by atoms with Crippen LogP contribution in [-0.4, -0.2) is 84.8 Å². The number of pyridine rings is 1. The van der Waals surface area contributed by atoms with E-state index < -0.39 is 11.7 Å². The summed E-state index contributed by atoms with van der Waals surface area (Å²) in [4.78, 5) is 51.4. The van der Waals surface area contributed by atoms with Gasteiger partial charge in [0.05, 0.1) is 23.9 Å². The second kappa shape index (κ2) is 13.4. The first-order valence-electron chi connectivity index (χ1n) is 15.8. The number of H-pyrrole nitrogens is 1. The molecular weight excluding hydrogens is 613 g/mol. The summed E-state index contributed by atoms with van der Waals surface area (Å²) in [6.45, 7) is 10.6. The Morgan fingerprint density at radius 3 is 2.55 bits per heavy atom. The molecule has 1 atom stereocenters. The fourth-order valence-electron chi connectivity index (χ4n) is 6.27. The Bertz CT molecular complexity index is 1840. The number of aromatic nitrogens is 5. The van der Waals surface area contributed by atoms with E-state index in [2.05, 4.69) is 41.6 Å². The van der Waals surface area contributed by atoms with Gasteiger partial charge in [-0.15, -0.1) is 0 Å². The number of halogens is 3. The molecular formula is C33H37F3N8O3. The van der Waals surface area contributed by atoms with Gasteiger partial charge in [-0.1, -0.05) is 26.0 Å². The van der Waals surface area contributed by atoms with E-state index in [0.717, 1.165) is 56.5 Å². The van der Waals surface area contributed by atoms with Crippen LogP contribution in [0.1, 0.15) is 59.8 Å². The molecule has 47 heavy (non-hydrogen) atoms. The number of piperazine rings is 1. The average Bonchev–Trinajstić information content (AvgIpc) is 3.05. The molecule has 3 aromatic heterocycles. The molecule has 248 valence electrons. The van der Waals surface area contributed by atoms with Gasteiger partial charge < -0.3 is 19.5 Å². The monoisotopic (exact) mass is 650 g/mol. The Balaban J connectivity index is 1.19. The average molecular weight is 651 g/mol. The number of rotatable bonds is 8. The maximum absolute atomic E-state index is 14.2. The maximum atomic E-state index is 14.2. The summed E-state index contributed by atoms with van der Waals surface area (Å²) in [6, 6.07) is 6.08. The fourth-order valence-corrected chi connectivity index (χ4v) is 6.27. The van der Waals surface area contributed by atoms with Crippen molar-refractivity contribution in [3.05, 3.63) is 80.8 Å². The van der Waals surface area contributed by atoms with E-state index >= 15 is 0 Å². The Morgan fingerprint density at radius 1 is 1.06 bits per heavy atom. The number of amides is 1. The van der Waals surface area contributed by atoms with Crippen LogP contribution in [0.5, 0.6) is 11.6 Å². The molecule has 6 rings (SSSR count). The Labute approximate surface area is 269 Å². The first kappa shape index (κ1) is 32.5. The van der Waals surface area contributed by atoms with Crippen molar-refractivity contribution in [2.45, 2.75) is 58.8 Å². The second-order valence-electron chi connectivity index (χ2n) is 12.1. The predicted molar refractivity (Wildman–Crippen MR) is 168 cm³/mol. The molecule has 1 unspecified atom stereocenters. The molecule has 1 saturated heterocycles. The van der Waals surface area contributed by atoms with Gasteiger partial charge >= 0.3 is 6.18 Å². The number of carbonyl (C=O) groups is 1. The Morgan fingerprint density at radius 2 is 1.83 bits per heavy atom. The quantitative estimate of drug-likeness (QED) is 0.295. The molecule has 1 aromatic carbocycles. The second-order valence-corrected chi connectivity index (χ2v) is 12.1. The van der Waals surface area contributed by atoms with Crippen molar-refractivity contribution in [1.82, 2.24) is 39.6 Å². The lowest BCUT2D eigenvalue weighted by Crippen LogP contribution is -2.45. The number of aromatic amines is 1. The summed E-state index contributed by atoms with van der Waals surface area (Å²) in [6.07, 6.45) is -1.12. The van der Waals surface area contributed by atoms with Crippen LogP contribution < -0.4 is 10.3 Å². The highest BCUT2D eigenvalue weighted by atomic mass is 19.4. The normalized spacial score (nSPS) is 17.6. The molecule has 4 aromatic rings. The zero-order valence-electron chi connectivity index (χ0n) is 26.6. The maximum Gasteiger partial charge on any atom is 0.416 e. The van der Waals surface area contributed by atoms with Gasteiger partial charge in [0.25, 0.3) is 11.4 Å². The lowest BCUT2D eigenvalue weighted by molar-refractivity contribution is -0.139. The molecule has 14 heteroatoms. The van der Waals surface area contributed by atoms with Crippen LogP contribution in [0.3, 0.4) is 0 Å². The van der Waals surface area contributed by atoms with E-state index in [0.29, 0.717) is 17.9 Å². The van der Waals surface area contributed by atoms with Gasteiger partial charge in [-0.05, 0) is 48.7 Å². The van der Waals surface area contributed by atoms with Crippen LogP contribution >= 0.6 is 0 Å². The number of hydrogen-bond donors (Lipinski definition) is 1. The zero-order chi connectivity index (χ0) is 33.3. The molecule has 2 aliphatic heterocycles. The van der Waals surface area contributed by atoms with Crippen molar-refractivity contribution < 1.29 is 22.7 Å². The van der Waals surface area contributed by atoms with Gasteiger partial charge in [0, 0.05) is 51.7 Å². The highest BCUT2D eigenvalue weighted by Gasteiger charge is 2.35. The number of benzene rings is 1. The van der Waals surface area contributed by atoms with E-state index in [1.165, 1.54) is 12.4 Å². The van der Waals surface area contributed by atoms with E-state index in [9.17, 15) is 22.8 Å². The summed E-state index contributed by atoms with van der Waals surface area (Å²) in [7, 11) is 0. The minimum absolute atomic E-state index is 0.0488. The van der Waals surface area contributed by atoms with Gasteiger partial charge in [-0.2, -0.15) is 18.2 Å². The highest BCUT2D eigenvalue weighted by Crippen LogP contribution is 2.35. The molecule has 0 bridgehead atoms. The van der Waals surface area contributed by atoms with Crippen LogP contribution in [-0.2, 0) is 30.5 Å². The van der Waals surface area contributed by atoms with Crippen LogP contribution in [0.2, 0.25) is 0 Å². The molecule has 0 saturated carbocycles. The number of ether oxygens (including phenoxy) is 1. The number of carbonyl (C=O) groups excluding carboxylic acids is 1. The molecule has 5 heterocycles. The summed E-state index contributed by atoms with van der Waals surface area (Å²) >= 11 is 0. The molecule has 2 aliphatic rings. The number of aryl methyl sites for hydroxylation is 1. The topological polar surface area (TPSA) is 120 Å². The van der Waals surface area contributed by atoms with Crippen LogP contribution in [0.15, 0.2) is 41.6 Å². The highest BCUT2D eigenvalue weighted by molar-refractivity contribution is 5.79. The SMILES string of the molecule is CCC1CN(C(=O)Cc2ccc(CN3CCN(CC)CC3)c(C(F)(F)F)c2)Cc2cc(Oc3ncnc4[nH]c(=O)c(C)nc34)cnc21. The Hall–Kier alpha value is -4.43. The van der Waals surface area contributed by atoms with Crippen molar-refractivity contribution in [3.8, 4) is 11.6 Å². The van der Waals surface area contributed by atoms with Crippen molar-refractivity contribution in [2.24, 2.45) is 0 Å². The van der Waals surface area contributed by atoms with E-state index in [1.54, 1.807) is 30.2 Å². The van der Waals surface area contributed by atoms with Crippen molar-refractivity contribution >= 4 is 17.1 Å². The number of hydrogen-bond acceptors (Lipinski definition) is 9. The number of likely N-dealkylation sites (N-methyl/N-ethyl adjacent to an activating group) is 1. The van der Waals surface area contributed by atoms with Gasteiger partial charge in [-0.25, -0.2) is 9.97 Å². The third-order valence-corrected chi connectivity index (χ3v) is 8.99. The van der Waals surface area contributed by atoms with Gasteiger partial charge in [0.15, 0.2) is 11.2 Å². The fraction of sp³-hybridized carbons (Fsp3) is 0.455. The lowest BCUT2D eigenvalue weighted by atomic mass is 9.92. The lowest BCUT2D eigenvalue weighted by Gasteiger charge is -2.34. The molecule has 1 amide bonds. The van der Waals surface area contributed by atoms with E-state index in [1.807, 2.05) is 6.92 Å². The van der Waals surface area contributed by atoms with Crippen LogP contribution in [0.4, 0.5) is 13.2 Å². The van der Waals surface area contributed by atoms with Crippen molar-refractivity contribution in [2.75, 3.05) is 39.3 Å². The molecule has 0 spiro atoms. The summed E-state index contributed by atoms with van der Waals surface area (Å²) in [5.74, 6) is 0.189. The zero-order valence-corrected chi connectivity index (χ0v) is 26.6. The molecule has 1 fully saturated rings. The molecule has 0 aliphatic carbocycles. The number of nitrogens with one attached hydrogen (secondary N) is 1. The largest absolute Gasteiger partial charge is 0.435 e. The number of nitrogens with zero attached hydrogens (tertiary/aromatic N) is 7. The number of fused-ring (bicyclic) bond motifs is 2. The summed E-state index contributed by atoms with van der Waals surface area (Å²) in [5.41, 5.74) is 1.88. The smallest absolute Gasteiger partial charge is 0.416 e. The van der Waals surface area contributed by atoms with Gasteiger partial charge in [0.1, 0.15) is 17.8 Å². The minimum Gasteiger partial charge on any atom is -0.435 e. The third kappa shape index (κ3) is 7.13. The Kier molecular flexibility index (Phi) is 9.24. The first-order valence-corrected chi connectivity index (χ1v) is 15.8. The number of alkyl halides is 3. The third-order valence-electron chi connectivity index (χ3n) is 8.99. The molecule has 11 nitrogen and oxygen atoms in total. The van der Waals surface area contributed by atoms with E-state index in [-0.39, 0.29) is 65.2 Å². The van der Waals surface area contributed by atoms with Crippen LogP contribution in [0, 0.1) is 6.92 Å². The van der Waals surface area contributed by atoms with Gasteiger partial charge in [-0.3, -0.25) is 19.5 Å². The summed E-state index contributed by atoms with van der Waals surface area (Å²) in [5, 5.41) is 0. The van der Waals surface area contributed by atoms with Crippen LogP contribution in [0.25, 0.3) is 11.2 Å². The molecule has 1 N–H and O–H groups in total. The van der Waals surface area contributed by atoms with Gasteiger partial charge in [0.2, 0.25) is 5.91 Å². The predicted octanol–water partition coefficient (Wildman–Crippen LogP) is 4.44. The standard InChI is InChI=1S/C33H37F3N8O3/c1-4-22-17-44(18-24-14-25(15-37-28(22)24)47-32-29-30(38-19-39-32)41-31(46)20(3)40-29)27(45)13-21-6-7-23(26(12-21)33(34,35)36)16-43-10-8-42(5-2)9-11-43/h6-7,12,14-15,19,22H,4-5,8-11,13,16-18H2,1-3H3,(H,38,39,41,46). The summed E-state index contributed by atoms with van der Waals surface area (Å²) < 4.78 is 48.6. The minimum atomic E-state index is -4.53. The van der Waals surface area contributed by atoms with Crippen molar-refractivity contribution in [1.29, 1.82) is 0 Å². The first-order chi connectivity index (χ1) is 22.5. The van der Waals surface area contributed by atoms with Crippen molar-refractivity contribution in [3.63, 3.8) is 0 Å².